The van der Waals surface area contributed by atoms with Crippen LogP contribution in [0.5, 0.6) is 0 Å². The Balaban J connectivity index is 0.000000267. The maximum Gasteiger partial charge on any atom is 0.411 e. The molecule has 12 rings (SSSR count). The van der Waals surface area contributed by atoms with Crippen LogP contribution < -0.4 is 21.3 Å². The van der Waals surface area contributed by atoms with Crippen LogP contribution in [0.1, 0.15) is 216 Å². The van der Waals surface area contributed by atoms with Crippen LogP contribution in [0.15, 0.2) is 100 Å². The molecule has 0 aromatic rings. The number of aliphatic carboxylic acids is 6. The van der Waals surface area contributed by atoms with Crippen molar-refractivity contribution in [2.24, 2.45) is 47.3 Å². The van der Waals surface area contributed by atoms with Crippen LogP contribution in [0, 0.1) is 47.3 Å². The molecule has 0 saturated carbocycles. The average Bonchev–Trinajstić information content (AvgIpc) is 1.71. The fourth-order valence-electron chi connectivity index (χ4n) is 17.6. The standard InChI is InChI=1S/C13H18N2O3.C13H21NO4.C12H16N2O3.2C12H19NO4.C12H21NO2.C11H17NO4.C11H19NO2/c1-7-6-10(13(17)18)15-9(7)3-2-8-4-5-14-11(8)12(15)16;1-5-9-7-6-8-14(10(9)11(15)16)12(17)18-13(2,3)4;15-11-10-7(5-6-13-10)1-2-8-3-4-9(12(16)17)14(8)11;2*1-5-8-6-7-13(9(8)10(14)15)11(16)17-12(2,3)4;1-6-9-8(2)7-10(13-9)11(14)15-12(3,4)5;1-5-7-6-12(8(7)9(13)14)10(15)16-11(2,3)4;1-5-8-6-7-9(12-8)10(13)14-11(2,3)4/h2-3,7-11,14H,4-6H2,1H3,(H,17,18);5,9-10H,1,6-8H2,2-4H3,(H,15,16);1-2,7-10,13H,3-6H2,(H,16,17);2*5,8-9H,1,6-7H2,2-4H3,(H,14,15);6,8-10,13H,1,7H2,2-5H3;5,7-8H,1,6H2,2-4H3,(H,13,14);5,8-9,12H,1,6-7H2,2-4H3/t7-,8+,9+,10+,11+;9-,10-;7-,8-,9-,10-;2*8-,9-;8-,9+,10+;7-,8-;8-,9-/m10000100/s1. The Hall–Kier alpha value is -10.5. The number of likely N-dealkylation sites (tertiary alicyclic amines) is 4. The van der Waals surface area contributed by atoms with Gasteiger partial charge in [-0.15, -0.1) is 39.5 Å². The van der Waals surface area contributed by atoms with E-state index in [0.29, 0.717) is 57.8 Å². The second-order valence-electron chi connectivity index (χ2n) is 41.1. The molecule has 36 heteroatoms. The summed E-state index contributed by atoms with van der Waals surface area (Å²) in [6.07, 6.45) is 25.1. The zero-order chi connectivity index (χ0) is 100. The third-order valence-corrected chi connectivity index (χ3v) is 23.7. The molecule has 0 bridgehead atoms. The monoisotopic (exact) mass is 1860 g/mol. The number of nitrogens with zero attached hydrogens (tertiary/aromatic N) is 6. The summed E-state index contributed by atoms with van der Waals surface area (Å²) < 4.78 is 31.3. The van der Waals surface area contributed by atoms with Gasteiger partial charge in [0.25, 0.3) is 0 Å². The average molecular weight is 1860 g/mol. The number of fused-ring (bicyclic) bond motifs is 4. The minimum atomic E-state index is -1.03. The fraction of sp³-hybridized carbons (Fsp3) is 0.688. The van der Waals surface area contributed by atoms with Crippen LogP contribution in [0.4, 0.5) is 19.2 Å². The number of ether oxygens (including phenoxy) is 6. The van der Waals surface area contributed by atoms with Crippen molar-refractivity contribution in [2.75, 3.05) is 39.3 Å². The highest BCUT2D eigenvalue weighted by Crippen LogP contribution is 2.39. The maximum absolute atomic E-state index is 12.5. The zero-order valence-corrected chi connectivity index (χ0v) is 81.0. The molecule has 0 unspecified atom stereocenters. The summed E-state index contributed by atoms with van der Waals surface area (Å²) in [4.78, 5) is 171. The van der Waals surface area contributed by atoms with Gasteiger partial charge in [-0.2, -0.15) is 0 Å². The molecule has 740 valence electrons. The minimum Gasteiger partial charge on any atom is -0.480 e. The molecule has 12 aliphatic heterocycles. The lowest BCUT2D eigenvalue weighted by Crippen LogP contribution is -2.62. The quantitative estimate of drug-likeness (QED) is 0.0439. The van der Waals surface area contributed by atoms with Gasteiger partial charge in [0.05, 0.1) is 24.2 Å². The second-order valence-corrected chi connectivity index (χ2v) is 41.1. The van der Waals surface area contributed by atoms with Crippen LogP contribution in [0.2, 0.25) is 0 Å². The first-order valence-electron chi connectivity index (χ1n) is 45.6. The van der Waals surface area contributed by atoms with Crippen LogP contribution >= 0.6 is 0 Å². The molecule has 10 saturated heterocycles. The first-order chi connectivity index (χ1) is 61.1. The van der Waals surface area contributed by atoms with E-state index in [1.165, 1.54) is 19.6 Å². The van der Waals surface area contributed by atoms with E-state index in [0.717, 1.165) is 64.5 Å². The van der Waals surface area contributed by atoms with Gasteiger partial charge < -0.3 is 79.5 Å². The van der Waals surface area contributed by atoms with Crippen molar-refractivity contribution < 1.29 is 126 Å². The van der Waals surface area contributed by atoms with Gasteiger partial charge in [0.15, 0.2) is 0 Å². The molecular formula is C96H150N10O26. The third kappa shape index (κ3) is 32.4. The number of esters is 2. The molecule has 12 aliphatic rings. The van der Waals surface area contributed by atoms with Gasteiger partial charge >= 0.3 is 72.1 Å². The molecule has 0 aliphatic carbocycles. The molecule has 12 heterocycles. The molecule has 132 heavy (non-hydrogen) atoms. The molecule has 0 aromatic carbocycles. The number of carbonyl (C=O) groups excluding carboxylic acids is 8. The van der Waals surface area contributed by atoms with Crippen LogP contribution in [0.25, 0.3) is 0 Å². The van der Waals surface area contributed by atoms with Gasteiger partial charge in [-0.25, -0.2) is 47.9 Å². The van der Waals surface area contributed by atoms with Gasteiger partial charge in [0.2, 0.25) is 11.8 Å². The molecular weight excluding hydrogens is 1710 g/mol. The molecule has 6 amide bonds. The number of hydrogen-bond acceptors (Lipinski definition) is 24. The van der Waals surface area contributed by atoms with E-state index >= 15 is 0 Å². The summed E-state index contributed by atoms with van der Waals surface area (Å²) in [5.74, 6) is -5.92. The normalized spacial score (nSPS) is 30.1. The van der Waals surface area contributed by atoms with E-state index in [1.54, 1.807) is 117 Å². The Morgan fingerprint density at radius 2 is 0.750 bits per heavy atom. The lowest BCUT2D eigenvalue weighted by atomic mass is 9.89. The number of piperidine rings is 1. The predicted octanol–water partition coefficient (Wildman–Crippen LogP) is 11.2. The minimum absolute atomic E-state index is 0.0176. The van der Waals surface area contributed by atoms with Crippen molar-refractivity contribution in [1.82, 2.24) is 50.7 Å². The lowest BCUT2D eigenvalue weighted by molar-refractivity contribution is -0.158. The Morgan fingerprint density at radius 1 is 0.371 bits per heavy atom. The summed E-state index contributed by atoms with van der Waals surface area (Å²) in [7, 11) is 0. The first kappa shape index (κ1) is 112. The summed E-state index contributed by atoms with van der Waals surface area (Å²) >= 11 is 0. The zero-order valence-electron chi connectivity index (χ0n) is 81.0. The van der Waals surface area contributed by atoms with E-state index in [2.05, 4.69) is 79.8 Å². The number of amides is 6. The van der Waals surface area contributed by atoms with Crippen LogP contribution in [0.3, 0.4) is 0 Å². The topological polar surface area (TPSA) is 483 Å². The SMILES string of the molecule is C=C[C@@H]1N[C@H](C(=O)OC(C)(C)C)C[C@H]1C.C=C[C@H]1CCCN(C(=O)OC(C)(C)C)[C@@H]1C(=O)O.C=C[C@H]1CCN(C(=O)OC(C)(C)C)[C@@H]1C(=O)O.C=C[C@H]1CCN(C(=O)OC(C)(C)C)[C@@H]1C(=O)O.C=C[C@H]1CC[C@@H](C(=O)OC(C)(C)C)N1.C=C[C@H]1CN(C(=O)OC(C)(C)C)[C@@H]1C(=O)O.C[C@@H]1C[C@@H](C(=O)O)N2C(=O)[C@H]3NCC[C@@H]3C=C[C@@H]12.O=C(O)[C@@H]1CC[C@@H]2C=C[C@H]3CCN[C@@H]3C(=O)N21. The summed E-state index contributed by atoms with van der Waals surface area (Å²) in [5, 5.41) is 67.7. The van der Waals surface area contributed by atoms with Crippen molar-refractivity contribution in [1.29, 1.82) is 0 Å². The predicted molar refractivity (Wildman–Crippen MR) is 492 cm³/mol. The molecule has 22 atom stereocenters. The van der Waals surface area contributed by atoms with E-state index in [-0.39, 0.29) is 114 Å². The number of nitrogens with one attached hydrogen (secondary N) is 4. The Labute approximate surface area is 777 Å². The van der Waals surface area contributed by atoms with Crippen LogP contribution in [-0.4, -0.2) is 301 Å². The number of carboxylic acids is 6. The first-order valence-corrected chi connectivity index (χ1v) is 45.6. The Morgan fingerprint density at radius 3 is 1.12 bits per heavy atom. The Bertz CT molecular complexity index is 4110. The van der Waals surface area contributed by atoms with Gasteiger partial charge in [-0.1, -0.05) is 74.6 Å². The maximum atomic E-state index is 12.5. The fourth-order valence-corrected chi connectivity index (χ4v) is 17.6. The van der Waals surface area contributed by atoms with Crippen molar-refractivity contribution in [3.8, 4) is 0 Å². The Kier molecular flexibility index (Phi) is 40.7. The largest absolute Gasteiger partial charge is 0.480 e. The van der Waals surface area contributed by atoms with Crippen molar-refractivity contribution in [3.63, 3.8) is 0 Å². The summed E-state index contributed by atoms with van der Waals surface area (Å²) in [6.45, 7) is 61.5. The van der Waals surface area contributed by atoms with Gasteiger partial charge in [-0.3, -0.25) is 49.4 Å². The third-order valence-electron chi connectivity index (χ3n) is 23.7. The highest BCUT2D eigenvalue weighted by molar-refractivity contribution is 5.91. The number of hydrogen-bond donors (Lipinski definition) is 10. The van der Waals surface area contributed by atoms with Gasteiger partial charge in [0.1, 0.15) is 81.9 Å². The highest BCUT2D eigenvalue weighted by atomic mass is 16.6. The smallest absolute Gasteiger partial charge is 0.411 e. The number of carbonyl (C=O) groups is 14. The van der Waals surface area contributed by atoms with Crippen molar-refractivity contribution >= 4 is 83.9 Å². The van der Waals surface area contributed by atoms with Gasteiger partial charge in [-0.05, 0) is 227 Å². The summed E-state index contributed by atoms with van der Waals surface area (Å²) in [6, 6.07) is -5.09. The number of carboxylic acid groups (broad SMARTS) is 6. The molecule has 10 N–H and O–H groups in total. The van der Waals surface area contributed by atoms with Gasteiger partial charge in [0, 0.05) is 73.8 Å². The van der Waals surface area contributed by atoms with Crippen molar-refractivity contribution in [2.45, 2.75) is 334 Å². The molecule has 0 radical (unpaired) electrons. The highest BCUT2D eigenvalue weighted by Gasteiger charge is 2.53. The molecule has 0 aromatic heterocycles. The molecule has 0 spiro atoms. The van der Waals surface area contributed by atoms with E-state index in [9.17, 15) is 77.3 Å². The van der Waals surface area contributed by atoms with E-state index in [1.807, 2.05) is 72.8 Å². The van der Waals surface area contributed by atoms with Crippen LogP contribution in [-0.2, 0) is 76.4 Å². The van der Waals surface area contributed by atoms with E-state index < -0.39 is 130 Å². The lowest BCUT2D eigenvalue weighted by Gasteiger charge is -2.44. The summed E-state index contributed by atoms with van der Waals surface area (Å²) in [5.41, 5.74) is -3.28. The molecule has 10 fully saturated rings. The van der Waals surface area contributed by atoms with Crippen molar-refractivity contribution in [3.05, 3.63) is 100 Å². The van der Waals surface area contributed by atoms with E-state index in [4.69, 9.17) is 48.8 Å². The molecule has 36 nitrogen and oxygen atoms in total. The number of rotatable bonds is 14. The second kappa shape index (κ2) is 47.9.